The van der Waals surface area contributed by atoms with Crippen LogP contribution in [0, 0.1) is 35.0 Å². The summed E-state index contributed by atoms with van der Waals surface area (Å²) in [7, 11) is 0. The van der Waals surface area contributed by atoms with Gasteiger partial charge in [-0.15, -0.1) is 0 Å². The second-order valence-electron chi connectivity index (χ2n) is 7.22. The minimum absolute atomic E-state index is 0.354. The van der Waals surface area contributed by atoms with Gasteiger partial charge in [-0.05, 0) is 73.9 Å². The monoisotopic (exact) mass is 266 g/mol. The highest BCUT2D eigenvalue weighted by atomic mass is 32.2. The molecule has 0 aromatic carbocycles. The lowest BCUT2D eigenvalue weighted by Crippen LogP contribution is -2.54. The fourth-order valence-electron chi connectivity index (χ4n) is 5.98. The summed E-state index contributed by atoms with van der Waals surface area (Å²) < 4.78 is 0. The lowest BCUT2D eigenvalue weighted by atomic mass is 9.46. The third-order valence-electron chi connectivity index (χ3n) is 6.34. The Kier molecular flexibility index (Phi) is 2.53. The van der Waals surface area contributed by atoms with Crippen LogP contribution < -0.4 is 0 Å². The average molecular weight is 266 g/mol. The molecular weight excluding hydrogens is 244 g/mol. The van der Waals surface area contributed by atoms with Gasteiger partial charge >= 0.3 is 5.97 Å². The fraction of sp³-hybridized carbons (Fsp3) is 0.933. The van der Waals surface area contributed by atoms with Gasteiger partial charge in [0.1, 0.15) is 0 Å². The van der Waals surface area contributed by atoms with Gasteiger partial charge in [-0.3, -0.25) is 4.79 Å². The first-order chi connectivity index (χ1) is 8.69. The number of rotatable bonds is 2. The molecule has 2 nitrogen and oxygen atoms in total. The van der Waals surface area contributed by atoms with E-state index >= 15 is 0 Å². The minimum atomic E-state index is -0.482. The van der Waals surface area contributed by atoms with E-state index < -0.39 is 5.97 Å². The van der Waals surface area contributed by atoms with E-state index in [9.17, 15) is 9.90 Å². The van der Waals surface area contributed by atoms with E-state index in [1.807, 2.05) is 11.8 Å². The molecule has 1 aliphatic heterocycles. The molecule has 1 saturated heterocycles. The topological polar surface area (TPSA) is 37.3 Å². The van der Waals surface area contributed by atoms with Crippen molar-refractivity contribution in [2.45, 2.75) is 38.5 Å². The summed E-state index contributed by atoms with van der Waals surface area (Å²) >= 11 is 1.87. The number of hydrogen-bond donors (Lipinski definition) is 1. The molecule has 0 radical (unpaired) electrons. The smallest absolute Gasteiger partial charge is 0.310 e. The van der Waals surface area contributed by atoms with E-state index in [1.165, 1.54) is 32.1 Å². The zero-order valence-corrected chi connectivity index (χ0v) is 11.6. The molecule has 5 rings (SSSR count). The average Bonchev–Trinajstić information content (AvgIpc) is 2.77. The van der Waals surface area contributed by atoms with Crippen molar-refractivity contribution in [3.05, 3.63) is 0 Å². The van der Waals surface area contributed by atoms with E-state index in [0.717, 1.165) is 41.6 Å². The van der Waals surface area contributed by atoms with Gasteiger partial charge in [0.25, 0.3) is 0 Å². The molecule has 18 heavy (non-hydrogen) atoms. The largest absolute Gasteiger partial charge is 0.481 e. The molecular formula is C15H22O2S. The van der Waals surface area contributed by atoms with Crippen molar-refractivity contribution in [2.24, 2.45) is 35.0 Å². The van der Waals surface area contributed by atoms with Crippen LogP contribution in [0.25, 0.3) is 0 Å². The second-order valence-corrected chi connectivity index (χ2v) is 8.33. The summed E-state index contributed by atoms with van der Waals surface area (Å²) in [4.78, 5) is 11.9. The van der Waals surface area contributed by atoms with Crippen molar-refractivity contribution in [1.29, 1.82) is 0 Å². The lowest BCUT2D eigenvalue weighted by molar-refractivity contribution is -0.163. The minimum Gasteiger partial charge on any atom is -0.481 e. The van der Waals surface area contributed by atoms with Gasteiger partial charge in [0.2, 0.25) is 0 Å². The van der Waals surface area contributed by atoms with Gasteiger partial charge < -0.3 is 5.11 Å². The van der Waals surface area contributed by atoms with E-state index in [4.69, 9.17) is 0 Å². The molecule has 0 spiro atoms. The molecule has 1 N–H and O–H groups in total. The predicted molar refractivity (Wildman–Crippen MR) is 72.5 cm³/mol. The Hall–Kier alpha value is -0.180. The zero-order valence-electron chi connectivity index (χ0n) is 10.8. The summed E-state index contributed by atoms with van der Waals surface area (Å²) in [6, 6.07) is 0. The van der Waals surface area contributed by atoms with Crippen LogP contribution in [0.1, 0.15) is 38.5 Å². The first kappa shape index (κ1) is 11.6. The molecule has 4 bridgehead atoms. The lowest BCUT2D eigenvalue weighted by Gasteiger charge is -2.58. The fourth-order valence-corrected chi connectivity index (χ4v) is 7.46. The number of carboxylic acid groups (broad SMARTS) is 1. The molecule has 0 amide bonds. The van der Waals surface area contributed by atoms with Crippen molar-refractivity contribution < 1.29 is 9.90 Å². The number of carboxylic acids is 1. The molecule has 0 aromatic rings. The maximum absolute atomic E-state index is 11.9. The summed E-state index contributed by atoms with van der Waals surface area (Å²) in [6.07, 6.45) is 7.76. The predicted octanol–water partition coefficient (Wildman–Crippen LogP) is 3.27. The molecule has 3 heteroatoms. The highest BCUT2D eigenvalue weighted by Gasteiger charge is 2.59. The van der Waals surface area contributed by atoms with Gasteiger partial charge in [-0.1, -0.05) is 0 Å². The summed E-state index contributed by atoms with van der Waals surface area (Å²) in [5.74, 6) is 5.37. The normalized spacial score (nSPS) is 53.9. The second kappa shape index (κ2) is 3.91. The van der Waals surface area contributed by atoms with Crippen LogP contribution in [0.3, 0.4) is 0 Å². The van der Waals surface area contributed by atoms with E-state index in [0.29, 0.717) is 5.92 Å². The van der Waals surface area contributed by atoms with Crippen LogP contribution in [0.2, 0.25) is 0 Å². The molecule has 100 valence electrons. The molecule has 1 heterocycles. The van der Waals surface area contributed by atoms with Crippen LogP contribution in [0.5, 0.6) is 0 Å². The van der Waals surface area contributed by atoms with Gasteiger partial charge in [-0.2, -0.15) is 11.8 Å². The standard InChI is InChI=1S/C15H22O2S/c16-14(17)15(1-2-18-8-15)13-11-4-9-3-10(6-11)7-12(13)5-9/h9-13H,1-8H2,(H,16,17). The molecule has 4 saturated carbocycles. The maximum Gasteiger partial charge on any atom is 0.310 e. The van der Waals surface area contributed by atoms with Crippen molar-refractivity contribution in [2.75, 3.05) is 11.5 Å². The van der Waals surface area contributed by atoms with Crippen LogP contribution in [0.4, 0.5) is 0 Å². The Morgan fingerprint density at radius 1 is 1.06 bits per heavy atom. The summed E-state index contributed by atoms with van der Waals surface area (Å²) in [6.45, 7) is 0. The maximum atomic E-state index is 11.9. The van der Waals surface area contributed by atoms with E-state index in [-0.39, 0.29) is 5.41 Å². The molecule has 0 aromatic heterocycles. The van der Waals surface area contributed by atoms with Crippen molar-refractivity contribution in [1.82, 2.24) is 0 Å². The summed E-state index contributed by atoms with van der Waals surface area (Å²) in [5.41, 5.74) is -0.354. The van der Waals surface area contributed by atoms with Gasteiger partial charge in [0.05, 0.1) is 5.41 Å². The van der Waals surface area contributed by atoms with Crippen LogP contribution >= 0.6 is 11.8 Å². The highest BCUT2D eigenvalue weighted by molar-refractivity contribution is 7.99. The number of aliphatic carboxylic acids is 1. The van der Waals surface area contributed by atoms with Crippen molar-refractivity contribution in [3.8, 4) is 0 Å². The van der Waals surface area contributed by atoms with Crippen LogP contribution in [-0.4, -0.2) is 22.6 Å². The van der Waals surface area contributed by atoms with Gasteiger partial charge in [-0.25, -0.2) is 0 Å². The molecule has 5 fully saturated rings. The Labute approximate surface area is 113 Å². The molecule has 1 atom stereocenters. The van der Waals surface area contributed by atoms with Gasteiger partial charge in [0, 0.05) is 5.75 Å². The first-order valence-electron chi connectivity index (χ1n) is 7.50. The van der Waals surface area contributed by atoms with E-state index in [2.05, 4.69) is 0 Å². The molecule has 1 unspecified atom stereocenters. The SMILES string of the molecule is O=C(O)C1(C2C3CC4CC(C3)CC2C4)CCSC1. The van der Waals surface area contributed by atoms with Crippen molar-refractivity contribution in [3.63, 3.8) is 0 Å². The Balaban J connectivity index is 1.69. The number of thioether (sulfide) groups is 1. The number of hydrogen-bond acceptors (Lipinski definition) is 2. The molecule has 5 aliphatic rings. The molecule has 4 aliphatic carbocycles. The van der Waals surface area contributed by atoms with Crippen molar-refractivity contribution >= 4 is 17.7 Å². The Morgan fingerprint density at radius 3 is 2.11 bits per heavy atom. The van der Waals surface area contributed by atoms with Gasteiger partial charge in [0.15, 0.2) is 0 Å². The van der Waals surface area contributed by atoms with E-state index in [1.54, 1.807) is 0 Å². The quantitative estimate of drug-likeness (QED) is 0.833. The zero-order chi connectivity index (χ0) is 12.3. The number of carbonyl (C=O) groups is 1. The highest BCUT2D eigenvalue weighted by Crippen LogP contribution is 2.63. The Bertz CT molecular complexity index is 345. The van der Waals surface area contributed by atoms with Crippen LogP contribution in [-0.2, 0) is 4.79 Å². The Morgan fingerprint density at radius 2 is 1.67 bits per heavy atom. The third kappa shape index (κ3) is 1.46. The third-order valence-corrected chi connectivity index (χ3v) is 7.55. The van der Waals surface area contributed by atoms with Crippen LogP contribution in [0.15, 0.2) is 0 Å². The summed E-state index contributed by atoms with van der Waals surface area (Å²) in [5, 5.41) is 9.83. The first-order valence-corrected chi connectivity index (χ1v) is 8.65.